The Morgan fingerprint density at radius 1 is 1.15 bits per heavy atom. The van der Waals surface area contributed by atoms with Crippen LogP contribution < -0.4 is 16.0 Å². The molecule has 2 aromatic rings. The van der Waals surface area contributed by atoms with Gasteiger partial charge in [-0.2, -0.15) is 13.2 Å². The predicted octanol–water partition coefficient (Wildman–Crippen LogP) is 4.45. The number of halogens is 4. The van der Waals surface area contributed by atoms with E-state index in [0.717, 1.165) is 31.3 Å². The maximum absolute atomic E-state index is 14.7. The smallest absolute Gasteiger partial charge is 0.420 e. The molecule has 3 amide bonds. The molecule has 0 spiro atoms. The molecule has 0 atom stereocenters. The van der Waals surface area contributed by atoms with Crippen LogP contribution in [0, 0.1) is 12.7 Å². The maximum Gasteiger partial charge on any atom is 0.420 e. The summed E-state index contributed by atoms with van der Waals surface area (Å²) in [6.45, 7) is 6.67. The number of ether oxygens (including phenoxy) is 2. The number of amides is 3. The molecule has 1 aliphatic rings. The largest absolute Gasteiger partial charge is 0.448 e. The molecule has 1 aromatic carbocycles. The van der Waals surface area contributed by atoms with Crippen LogP contribution in [0.1, 0.15) is 36.4 Å². The van der Waals surface area contributed by atoms with Crippen LogP contribution in [0.2, 0.25) is 0 Å². The van der Waals surface area contributed by atoms with Crippen molar-refractivity contribution < 1.29 is 41.4 Å². The van der Waals surface area contributed by atoms with Crippen molar-refractivity contribution in [3.05, 3.63) is 40.5 Å². The molecule has 0 fully saturated rings. The number of nitrogens with one attached hydrogen (secondary N) is 4. The maximum atomic E-state index is 14.7. The number of anilines is 3. The van der Waals surface area contributed by atoms with Crippen LogP contribution in [0.15, 0.2) is 12.1 Å². The molecule has 1 aromatic heterocycles. The second kappa shape index (κ2) is 12.3. The molecular formula is C25H29F4N5O5. The first kappa shape index (κ1) is 29.6. The number of benzene rings is 1. The van der Waals surface area contributed by atoms with Crippen LogP contribution in [0.5, 0.6) is 0 Å². The van der Waals surface area contributed by atoms with Crippen LogP contribution >= 0.6 is 0 Å². The average Bonchev–Trinajstić information content (AvgIpc) is 3.32. The number of H-pyrrole nitrogens is 1. The number of hydrogen-bond acceptors (Lipinski definition) is 6. The quantitative estimate of drug-likeness (QED) is 0.254. The Balaban J connectivity index is 1.92. The van der Waals surface area contributed by atoms with Gasteiger partial charge < -0.3 is 30.0 Å². The number of fused-ring (bicyclic) bond motifs is 1. The minimum absolute atomic E-state index is 0.00654. The second-order valence-corrected chi connectivity index (χ2v) is 8.57. The highest BCUT2D eigenvalue weighted by Gasteiger charge is 2.40. The summed E-state index contributed by atoms with van der Waals surface area (Å²) in [6, 6.07) is 2.08. The molecular weight excluding hydrogens is 526 g/mol. The van der Waals surface area contributed by atoms with Crippen molar-refractivity contribution in [2.24, 2.45) is 0 Å². The number of methoxy groups -OCH3 is 1. The van der Waals surface area contributed by atoms with Gasteiger partial charge in [-0.25, -0.2) is 9.18 Å². The SMILES string of the molecule is CCN(CC)CCOC(=O)Nc1c(C)[nH]c(/C=C2\C(=O)Nc3cc(NC(=O)COC)c(F)cc32)c1C(F)(F)F. The molecule has 10 nitrogen and oxygen atoms in total. The van der Waals surface area contributed by atoms with Crippen LogP contribution in [0.4, 0.5) is 39.4 Å². The Kier molecular flexibility index (Phi) is 9.35. The van der Waals surface area contributed by atoms with Crippen LogP contribution in [-0.2, 0) is 25.2 Å². The van der Waals surface area contributed by atoms with Gasteiger partial charge in [-0.1, -0.05) is 13.8 Å². The summed E-state index contributed by atoms with van der Waals surface area (Å²) in [5.74, 6) is -2.33. The van der Waals surface area contributed by atoms with Gasteiger partial charge in [0.05, 0.1) is 28.3 Å². The summed E-state index contributed by atoms with van der Waals surface area (Å²) in [6.07, 6.45) is -5.07. The van der Waals surface area contributed by atoms with E-state index in [-0.39, 0.29) is 41.4 Å². The summed E-state index contributed by atoms with van der Waals surface area (Å²) in [7, 11) is 1.28. The zero-order chi connectivity index (χ0) is 28.9. The summed E-state index contributed by atoms with van der Waals surface area (Å²) >= 11 is 0. The van der Waals surface area contributed by atoms with Gasteiger partial charge in [0, 0.05) is 24.9 Å². The first-order chi connectivity index (χ1) is 18.4. The third-order valence-corrected chi connectivity index (χ3v) is 5.99. The van der Waals surface area contributed by atoms with E-state index < -0.39 is 46.8 Å². The van der Waals surface area contributed by atoms with Gasteiger partial charge in [0.25, 0.3) is 5.91 Å². The van der Waals surface area contributed by atoms with Gasteiger partial charge in [-0.15, -0.1) is 0 Å². The molecule has 0 aliphatic carbocycles. The van der Waals surface area contributed by atoms with Crippen molar-refractivity contribution in [2.45, 2.75) is 26.9 Å². The molecule has 0 saturated heterocycles. The van der Waals surface area contributed by atoms with Gasteiger partial charge >= 0.3 is 12.3 Å². The number of likely N-dealkylation sites (N-methyl/N-ethyl adjacent to an activating group) is 1. The Hall–Kier alpha value is -3.91. The Morgan fingerprint density at radius 3 is 2.46 bits per heavy atom. The van der Waals surface area contributed by atoms with Crippen LogP contribution in [0.25, 0.3) is 11.6 Å². The number of nitrogens with zero attached hydrogens (tertiary/aromatic N) is 1. The third-order valence-electron chi connectivity index (χ3n) is 5.99. The summed E-state index contributed by atoms with van der Waals surface area (Å²) in [4.78, 5) is 41.2. The van der Waals surface area contributed by atoms with Gasteiger partial charge in [0.15, 0.2) is 0 Å². The molecule has 0 saturated carbocycles. The zero-order valence-electron chi connectivity index (χ0n) is 21.8. The topological polar surface area (TPSA) is 125 Å². The standard InChI is InChI=1S/C25H29F4N5O5/c1-5-34(6-2)7-8-39-24(37)33-22-13(3)30-19(21(22)25(27,28)29)10-15-14-9-16(26)18(31-20(35)12-38-4)11-17(14)32-23(15)36/h9-11,30H,5-8,12H2,1-4H3,(H,31,35)(H,32,36)(H,33,37)/b15-10-. The van der Waals surface area contributed by atoms with E-state index >= 15 is 0 Å². The van der Waals surface area contributed by atoms with E-state index in [1.165, 1.54) is 14.0 Å². The summed E-state index contributed by atoms with van der Waals surface area (Å²) < 4.78 is 66.8. The number of rotatable bonds is 10. The average molecular weight is 556 g/mol. The lowest BCUT2D eigenvalue weighted by atomic mass is 10.0. The van der Waals surface area contributed by atoms with Crippen molar-refractivity contribution in [3.63, 3.8) is 0 Å². The monoisotopic (exact) mass is 555 g/mol. The molecule has 39 heavy (non-hydrogen) atoms. The van der Waals surface area contributed by atoms with Crippen LogP contribution in [0.3, 0.4) is 0 Å². The third kappa shape index (κ3) is 6.95. The number of alkyl halides is 3. The van der Waals surface area contributed by atoms with E-state index in [4.69, 9.17) is 4.74 Å². The summed E-state index contributed by atoms with van der Waals surface area (Å²) in [5, 5.41) is 6.88. The Labute approximate surface area is 221 Å². The van der Waals surface area contributed by atoms with Crippen molar-refractivity contribution in [2.75, 3.05) is 55.9 Å². The Bertz CT molecular complexity index is 1280. The van der Waals surface area contributed by atoms with E-state index in [9.17, 15) is 31.9 Å². The van der Waals surface area contributed by atoms with Gasteiger partial charge in [0.2, 0.25) is 5.91 Å². The highest BCUT2D eigenvalue weighted by Crippen LogP contribution is 2.42. The summed E-state index contributed by atoms with van der Waals surface area (Å²) in [5.41, 5.74) is -2.74. The predicted molar refractivity (Wildman–Crippen MR) is 137 cm³/mol. The first-order valence-electron chi connectivity index (χ1n) is 12.0. The number of aromatic nitrogens is 1. The number of hydrogen-bond donors (Lipinski definition) is 4. The lowest BCUT2D eigenvalue weighted by molar-refractivity contribution is -0.137. The van der Waals surface area contributed by atoms with Gasteiger partial charge in [-0.05, 0) is 38.2 Å². The van der Waals surface area contributed by atoms with E-state index in [1.54, 1.807) is 0 Å². The van der Waals surface area contributed by atoms with Crippen LogP contribution in [-0.4, -0.2) is 67.7 Å². The molecule has 0 unspecified atom stereocenters. The van der Waals surface area contributed by atoms with Crippen molar-refractivity contribution in [1.82, 2.24) is 9.88 Å². The van der Waals surface area contributed by atoms with E-state index in [1.807, 2.05) is 18.7 Å². The molecule has 0 radical (unpaired) electrons. The van der Waals surface area contributed by atoms with E-state index in [2.05, 4.69) is 25.7 Å². The lowest BCUT2D eigenvalue weighted by Crippen LogP contribution is -2.29. The highest BCUT2D eigenvalue weighted by atomic mass is 19.4. The van der Waals surface area contributed by atoms with Crippen molar-refractivity contribution >= 4 is 46.6 Å². The van der Waals surface area contributed by atoms with Crippen molar-refractivity contribution in [1.29, 1.82) is 0 Å². The van der Waals surface area contributed by atoms with Crippen molar-refractivity contribution in [3.8, 4) is 0 Å². The highest BCUT2D eigenvalue weighted by molar-refractivity contribution is 6.35. The van der Waals surface area contributed by atoms with E-state index in [0.29, 0.717) is 6.54 Å². The molecule has 1 aliphatic heterocycles. The number of aryl methyl sites for hydroxylation is 1. The Morgan fingerprint density at radius 2 is 1.85 bits per heavy atom. The molecule has 2 heterocycles. The molecule has 3 rings (SSSR count). The zero-order valence-corrected chi connectivity index (χ0v) is 21.8. The van der Waals surface area contributed by atoms with Gasteiger partial charge in [0.1, 0.15) is 24.6 Å². The number of carbonyl (C=O) groups excluding carboxylic acids is 3. The number of carbonyl (C=O) groups is 3. The second-order valence-electron chi connectivity index (χ2n) is 8.57. The molecule has 14 heteroatoms. The first-order valence-corrected chi connectivity index (χ1v) is 12.0. The molecule has 212 valence electrons. The number of aromatic amines is 1. The fourth-order valence-electron chi connectivity index (χ4n) is 4.07. The van der Waals surface area contributed by atoms with Gasteiger partial charge in [-0.3, -0.25) is 14.9 Å². The fraction of sp³-hybridized carbons (Fsp3) is 0.400. The fourth-order valence-corrected chi connectivity index (χ4v) is 4.07. The molecule has 0 bridgehead atoms. The minimum atomic E-state index is -4.93. The normalized spacial score (nSPS) is 14.0. The minimum Gasteiger partial charge on any atom is -0.448 e. The molecule has 4 N–H and O–H groups in total. The lowest BCUT2D eigenvalue weighted by Gasteiger charge is -2.18.